The Morgan fingerprint density at radius 1 is 0.974 bits per heavy atom. The van der Waals surface area contributed by atoms with E-state index in [1.54, 1.807) is 44.2 Å². The lowest BCUT2D eigenvalue weighted by Gasteiger charge is -2.27. The molecule has 38 heavy (non-hydrogen) atoms. The molecule has 3 aromatic rings. The van der Waals surface area contributed by atoms with Gasteiger partial charge in [0.25, 0.3) is 11.8 Å². The monoisotopic (exact) mass is 574 g/mol. The topological polar surface area (TPSA) is 119 Å². The first-order chi connectivity index (χ1) is 18.0. The fourth-order valence-electron chi connectivity index (χ4n) is 3.64. The summed E-state index contributed by atoms with van der Waals surface area (Å²) in [5.74, 6) is -2.10. The van der Waals surface area contributed by atoms with Crippen LogP contribution in [0.15, 0.2) is 71.1 Å². The van der Waals surface area contributed by atoms with Crippen molar-refractivity contribution in [1.29, 1.82) is 0 Å². The van der Waals surface area contributed by atoms with Crippen LogP contribution < -0.4 is 19.1 Å². The number of benzene rings is 3. The van der Waals surface area contributed by atoms with Gasteiger partial charge in [0.1, 0.15) is 10.5 Å². The van der Waals surface area contributed by atoms with E-state index < -0.39 is 28.0 Å². The number of barbiturate groups is 1. The number of anilines is 1. The number of amides is 4. The molecule has 4 rings (SSSR count). The number of imide groups is 2. The van der Waals surface area contributed by atoms with E-state index in [2.05, 4.69) is 5.32 Å². The van der Waals surface area contributed by atoms with Gasteiger partial charge in [-0.05, 0) is 67.4 Å². The van der Waals surface area contributed by atoms with E-state index in [0.29, 0.717) is 10.6 Å². The van der Waals surface area contributed by atoms with Crippen LogP contribution in [0.25, 0.3) is 6.08 Å². The van der Waals surface area contributed by atoms with Gasteiger partial charge >= 0.3 is 16.1 Å². The summed E-state index contributed by atoms with van der Waals surface area (Å²) in [4.78, 5) is 39.2. The van der Waals surface area contributed by atoms with E-state index >= 15 is 0 Å². The molecule has 0 atom stereocenters. The maximum Gasteiger partial charge on any atom is 0.339 e. The minimum atomic E-state index is -4.24. The van der Waals surface area contributed by atoms with Crippen LogP contribution in [0.5, 0.6) is 11.5 Å². The second kappa shape index (κ2) is 10.9. The standard InChI is InChI=1S/C26H20Cl2N2O7S/c1-3-36-22-14-16(13-20(28)23(22)37-38(34,35)17-8-5-4-6-9-17)12-18-24(31)29-26(33)30(25(18)32)21-11-7-10-19(27)15(21)2/h4-14H,3H2,1-2H3,(H,29,31,33)/b18-12+. The van der Waals surface area contributed by atoms with Crippen LogP contribution in [-0.2, 0) is 19.7 Å². The van der Waals surface area contributed by atoms with Crippen molar-refractivity contribution in [3.63, 3.8) is 0 Å². The van der Waals surface area contributed by atoms with Crippen LogP contribution in [0.3, 0.4) is 0 Å². The normalized spacial score (nSPS) is 15.0. The van der Waals surface area contributed by atoms with E-state index in [9.17, 15) is 22.8 Å². The van der Waals surface area contributed by atoms with E-state index in [-0.39, 0.29) is 44.8 Å². The molecule has 0 unspecified atom stereocenters. The average molecular weight is 575 g/mol. The van der Waals surface area contributed by atoms with Gasteiger partial charge in [-0.15, -0.1) is 0 Å². The number of halogens is 2. The van der Waals surface area contributed by atoms with Crippen LogP contribution in [0.4, 0.5) is 10.5 Å². The summed E-state index contributed by atoms with van der Waals surface area (Å²) in [6, 6.07) is 13.9. The highest BCUT2D eigenvalue weighted by atomic mass is 35.5. The smallest absolute Gasteiger partial charge is 0.339 e. The molecular weight excluding hydrogens is 555 g/mol. The van der Waals surface area contributed by atoms with Crippen molar-refractivity contribution in [2.45, 2.75) is 18.7 Å². The van der Waals surface area contributed by atoms with Crippen molar-refractivity contribution in [2.24, 2.45) is 0 Å². The van der Waals surface area contributed by atoms with Gasteiger partial charge in [0.15, 0.2) is 5.75 Å². The summed E-state index contributed by atoms with van der Waals surface area (Å²) in [6.45, 7) is 3.44. The number of rotatable bonds is 7. The van der Waals surface area contributed by atoms with Crippen LogP contribution in [-0.4, -0.2) is 32.9 Å². The molecule has 0 radical (unpaired) electrons. The van der Waals surface area contributed by atoms with Gasteiger partial charge in [0.05, 0.1) is 17.3 Å². The minimum absolute atomic E-state index is 0.0337. The molecule has 0 bridgehead atoms. The third kappa shape index (κ3) is 5.38. The predicted molar refractivity (Wildman–Crippen MR) is 142 cm³/mol. The number of ether oxygens (including phenoxy) is 1. The molecule has 4 amide bonds. The zero-order chi connectivity index (χ0) is 27.6. The van der Waals surface area contributed by atoms with Crippen LogP contribution >= 0.6 is 23.2 Å². The largest absolute Gasteiger partial charge is 0.490 e. The maximum absolute atomic E-state index is 13.3. The summed E-state index contributed by atoms with van der Waals surface area (Å²) < 4.78 is 36.4. The second-order valence-corrected chi connectivity index (χ2v) is 10.3. The highest BCUT2D eigenvalue weighted by molar-refractivity contribution is 7.87. The zero-order valence-electron chi connectivity index (χ0n) is 20.0. The third-order valence-electron chi connectivity index (χ3n) is 5.45. The first kappa shape index (κ1) is 27.2. The maximum atomic E-state index is 13.3. The van der Waals surface area contributed by atoms with Gasteiger partial charge in [0.2, 0.25) is 5.75 Å². The molecule has 1 fully saturated rings. The lowest BCUT2D eigenvalue weighted by atomic mass is 10.1. The zero-order valence-corrected chi connectivity index (χ0v) is 22.4. The highest BCUT2D eigenvalue weighted by Gasteiger charge is 2.37. The van der Waals surface area contributed by atoms with Gasteiger partial charge in [0, 0.05) is 5.02 Å². The van der Waals surface area contributed by atoms with Crippen molar-refractivity contribution >= 4 is 62.9 Å². The number of nitrogens with zero attached hydrogens (tertiary/aromatic N) is 1. The minimum Gasteiger partial charge on any atom is -0.490 e. The number of nitrogens with one attached hydrogen (secondary N) is 1. The molecule has 1 aliphatic heterocycles. The van der Waals surface area contributed by atoms with Crippen LogP contribution in [0, 0.1) is 6.92 Å². The van der Waals surface area contributed by atoms with E-state index in [4.69, 9.17) is 32.1 Å². The van der Waals surface area contributed by atoms with E-state index in [1.807, 2.05) is 0 Å². The van der Waals surface area contributed by atoms with Crippen LogP contribution in [0.2, 0.25) is 10.0 Å². The molecule has 1 saturated heterocycles. The van der Waals surface area contributed by atoms with Gasteiger partial charge in [-0.2, -0.15) is 8.42 Å². The third-order valence-corrected chi connectivity index (χ3v) is 7.38. The number of hydrogen-bond donors (Lipinski definition) is 1. The van der Waals surface area contributed by atoms with Crippen molar-refractivity contribution in [3.8, 4) is 11.5 Å². The SMILES string of the molecule is CCOc1cc(/C=C2\C(=O)NC(=O)N(c3cccc(Cl)c3C)C2=O)cc(Cl)c1OS(=O)(=O)c1ccccc1. The van der Waals surface area contributed by atoms with Gasteiger partial charge in [-0.1, -0.05) is 47.5 Å². The summed E-state index contributed by atoms with van der Waals surface area (Å²) in [5.41, 5.74) is 0.530. The molecule has 1 aliphatic rings. The van der Waals surface area contributed by atoms with E-state index in [0.717, 1.165) is 4.90 Å². The highest BCUT2D eigenvalue weighted by Crippen LogP contribution is 2.39. The molecular formula is C26H20Cl2N2O7S. The molecule has 9 nitrogen and oxygen atoms in total. The molecule has 0 aliphatic carbocycles. The molecule has 196 valence electrons. The summed E-state index contributed by atoms with van der Waals surface area (Å²) >= 11 is 12.5. The fourth-order valence-corrected chi connectivity index (χ4v) is 5.09. The predicted octanol–water partition coefficient (Wildman–Crippen LogP) is 5.13. The Morgan fingerprint density at radius 3 is 2.37 bits per heavy atom. The Labute approximate surface area is 228 Å². The van der Waals surface area contributed by atoms with Gasteiger partial charge in [-0.3, -0.25) is 14.9 Å². The average Bonchev–Trinajstić information content (AvgIpc) is 2.87. The Hall–Kier alpha value is -3.86. The molecule has 0 saturated carbocycles. The molecule has 12 heteroatoms. The Kier molecular flexibility index (Phi) is 7.77. The fraction of sp³-hybridized carbons (Fsp3) is 0.115. The molecule has 1 N–H and O–H groups in total. The first-order valence-electron chi connectivity index (χ1n) is 11.2. The van der Waals surface area contributed by atoms with Crippen molar-refractivity contribution < 1.29 is 31.7 Å². The molecule has 0 aromatic heterocycles. The quantitative estimate of drug-likeness (QED) is 0.236. The van der Waals surface area contributed by atoms with Crippen molar-refractivity contribution in [1.82, 2.24) is 5.32 Å². The Morgan fingerprint density at radius 2 is 1.68 bits per heavy atom. The molecule has 1 heterocycles. The number of carbonyl (C=O) groups excluding carboxylic acids is 3. The van der Waals surface area contributed by atoms with Gasteiger partial charge in [-0.25, -0.2) is 9.69 Å². The summed E-state index contributed by atoms with van der Waals surface area (Å²) in [7, 11) is -4.24. The van der Waals surface area contributed by atoms with Crippen molar-refractivity contribution in [3.05, 3.63) is 87.4 Å². The molecule has 3 aromatic carbocycles. The molecule has 0 spiro atoms. The second-order valence-electron chi connectivity index (χ2n) is 7.96. The van der Waals surface area contributed by atoms with Gasteiger partial charge < -0.3 is 8.92 Å². The Bertz CT molecular complexity index is 1590. The van der Waals surface area contributed by atoms with Crippen LogP contribution in [0.1, 0.15) is 18.1 Å². The lowest BCUT2D eigenvalue weighted by molar-refractivity contribution is -0.122. The van der Waals surface area contributed by atoms with Crippen molar-refractivity contribution in [2.75, 3.05) is 11.5 Å². The number of hydrogen-bond acceptors (Lipinski definition) is 7. The van der Waals surface area contributed by atoms with E-state index in [1.165, 1.54) is 36.4 Å². The summed E-state index contributed by atoms with van der Waals surface area (Å²) in [5, 5.41) is 2.32. The Balaban J connectivity index is 1.75. The summed E-state index contributed by atoms with van der Waals surface area (Å²) in [6.07, 6.45) is 1.21. The number of urea groups is 1. The first-order valence-corrected chi connectivity index (χ1v) is 13.3. The lowest BCUT2D eigenvalue weighted by Crippen LogP contribution is -2.54. The number of carbonyl (C=O) groups is 3.